The van der Waals surface area contributed by atoms with Crippen molar-refractivity contribution in [2.24, 2.45) is 0 Å². The Morgan fingerprint density at radius 2 is 1.79 bits per heavy atom. The maximum atomic E-state index is 13.7. The Morgan fingerprint density at radius 3 is 2.52 bits per heavy atom. The van der Waals surface area contributed by atoms with Gasteiger partial charge < -0.3 is 15.1 Å². The number of quaternary nitrogens is 1. The van der Waals surface area contributed by atoms with Gasteiger partial charge in [-0.2, -0.15) is 0 Å². The molecule has 0 saturated carbocycles. The van der Waals surface area contributed by atoms with Crippen LogP contribution in [0.1, 0.15) is 12.5 Å². The van der Waals surface area contributed by atoms with Crippen LogP contribution in [0.2, 0.25) is 0 Å². The third-order valence-corrected chi connectivity index (χ3v) is 6.13. The van der Waals surface area contributed by atoms with Gasteiger partial charge >= 0.3 is 0 Å². The maximum Gasteiger partial charge on any atom is 0.279 e. The van der Waals surface area contributed by atoms with Crippen LogP contribution in [0.4, 0.5) is 10.1 Å². The SMILES string of the molecule is CCc1ccccc1NC(=O)C[NH+]1CCN(C(=O)CSc2ccccc2F)CC1. The van der Waals surface area contributed by atoms with Crippen LogP contribution in [0.3, 0.4) is 0 Å². The average Bonchev–Trinajstić information content (AvgIpc) is 2.74. The molecule has 0 aliphatic carbocycles. The van der Waals surface area contributed by atoms with Gasteiger partial charge in [0, 0.05) is 10.6 Å². The number of benzene rings is 2. The number of amides is 2. The van der Waals surface area contributed by atoms with Crippen molar-refractivity contribution in [3.05, 3.63) is 59.9 Å². The molecule has 7 heteroatoms. The van der Waals surface area contributed by atoms with Crippen LogP contribution in [-0.2, 0) is 16.0 Å². The third kappa shape index (κ3) is 6.05. The quantitative estimate of drug-likeness (QED) is 0.678. The average molecular weight is 417 g/mol. The Labute approximate surface area is 175 Å². The van der Waals surface area contributed by atoms with Gasteiger partial charge in [-0.15, -0.1) is 11.8 Å². The zero-order valence-electron chi connectivity index (χ0n) is 16.6. The minimum absolute atomic E-state index is 0.00390. The third-order valence-electron chi connectivity index (χ3n) is 5.09. The molecule has 3 rings (SSSR count). The lowest BCUT2D eigenvalue weighted by Gasteiger charge is -2.32. The first-order valence-electron chi connectivity index (χ1n) is 9.93. The largest absolute Gasteiger partial charge is 0.331 e. The molecular weight excluding hydrogens is 389 g/mol. The first-order chi connectivity index (χ1) is 14.1. The van der Waals surface area contributed by atoms with Gasteiger partial charge in [0.05, 0.1) is 31.9 Å². The van der Waals surface area contributed by atoms with Gasteiger partial charge in [-0.1, -0.05) is 37.3 Å². The van der Waals surface area contributed by atoms with Gasteiger partial charge in [0.25, 0.3) is 5.91 Å². The molecule has 154 valence electrons. The summed E-state index contributed by atoms with van der Waals surface area (Å²) < 4.78 is 13.7. The number of aryl methyl sites for hydroxylation is 1. The van der Waals surface area contributed by atoms with Crippen molar-refractivity contribution in [3.63, 3.8) is 0 Å². The number of nitrogens with zero attached hydrogens (tertiary/aromatic N) is 1. The number of para-hydroxylation sites is 1. The second-order valence-corrected chi connectivity index (χ2v) is 8.10. The second-order valence-electron chi connectivity index (χ2n) is 7.09. The summed E-state index contributed by atoms with van der Waals surface area (Å²) in [6, 6.07) is 14.3. The predicted molar refractivity (Wildman–Crippen MR) is 114 cm³/mol. The summed E-state index contributed by atoms with van der Waals surface area (Å²) in [6.07, 6.45) is 0.870. The summed E-state index contributed by atoms with van der Waals surface area (Å²) in [7, 11) is 0. The van der Waals surface area contributed by atoms with E-state index in [0.717, 1.165) is 30.8 Å². The summed E-state index contributed by atoms with van der Waals surface area (Å²) in [4.78, 5) is 28.3. The molecule has 0 spiro atoms. The molecule has 29 heavy (non-hydrogen) atoms. The monoisotopic (exact) mass is 416 g/mol. The van der Waals surface area contributed by atoms with Crippen LogP contribution in [0.25, 0.3) is 0 Å². The highest BCUT2D eigenvalue weighted by atomic mass is 32.2. The van der Waals surface area contributed by atoms with Gasteiger partial charge in [0.15, 0.2) is 6.54 Å². The molecule has 2 aromatic carbocycles. The highest BCUT2D eigenvalue weighted by Gasteiger charge is 2.25. The van der Waals surface area contributed by atoms with Gasteiger partial charge in [0.1, 0.15) is 5.82 Å². The molecule has 2 N–H and O–H groups in total. The van der Waals surface area contributed by atoms with Crippen LogP contribution >= 0.6 is 11.8 Å². The lowest BCUT2D eigenvalue weighted by Crippen LogP contribution is -3.15. The van der Waals surface area contributed by atoms with E-state index in [1.54, 1.807) is 18.2 Å². The molecule has 1 aliphatic rings. The van der Waals surface area contributed by atoms with E-state index >= 15 is 0 Å². The van der Waals surface area contributed by atoms with Crippen molar-refractivity contribution in [1.29, 1.82) is 0 Å². The Bertz CT molecular complexity index is 853. The number of carbonyl (C=O) groups excluding carboxylic acids is 2. The number of piperazine rings is 1. The molecule has 5 nitrogen and oxygen atoms in total. The van der Waals surface area contributed by atoms with E-state index in [1.807, 2.05) is 29.2 Å². The van der Waals surface area contributed by atoms with Crippen LogP contribution in [0, 0.1) is 5.82 Å². The predicted octanol–water partition coefficient (Wildman–Crippen LogP) is 1.85. The summed E-state index contributed by atoms with van der Waals surface area (Å²) in [5.41, 5.74) is 2.00. The van der Waals surface area contributed by atoms with Crippen molar-refractivity contribution in [2.75, 3.05) is 43.8 Å². The Balaban J connectivity index is 1.42. The standard InChI is InChI=1S/C22H26FN3O2S/c1-2-17-7-3-5-9-19(17)24-21(27)15-25-11-13-26(14-12-25)22(28)16-29-20-10-6-4-8-18(20)23/h3-10H,2,11-16H2,1H3,(H,24,27)/p+1. The van der Waals surface area contributed by atoms with Gasteiger partial charge in [0.2, 0.25) is 5.91 Å². The first kappa shape index (κ1) is 21.3. The molecule has 0 atom stereocenters. The molecule has 0 bridgehead atoms. The van der Waals surface area contributed by atoms with Crippen molar-refractivity contribution in [3.8, 4) is 0 Å². The van der Waals surface area contributed by atoms with E-state index in [9.17, 15) is 14.0 Å². The Morgan fingerprint density at radius 1 is 1.10 bits per heavy atom. The van der Waals surface area contributed by atoms with Crippen LogP contribution in [0.5, 0.6) is 0 Å². The first-order valence-corrected chi connectivity index (χ1v) is 10.9. The van der Waals surface area contributed by atoms with Gasteiger partial charge in [-0.3, -0.25) is 9.59 Å². The number of hydrogen-bond acceptors (Lipinski definition) is 3. The molecule has 1 saturated heterocycles. The van der Waals surface area contributed by atoms with E-state index < -0.39 is 0 Å². The normalized spacial score (nSPS) is 14.6. The zero-order chi connectivity index (χ0) is 20.6. The van der Waals surface area contributed by atoms with Crippen LogP contribution < -0.4 is 10.2 Å². The molecular formula is C22H27FN3O2S+. The van der Waals surface area contributed by atoms with Crippen LogP contribution in [-0.4, -0.2) is 55.2 Å². The number of thioether (sulfide) groups is 1. The lowest BCUT2D eigenvalue weighted by molar-refractivity contribution is -0.895. The van der Waals surface area contributed by atoms with E-state index in [1.165, 1.54) is 22.7 Å². The van der Waals surface area contributed by atoms with E-state index in [4.69, 9.17) is 0 Å². The molecule has 0 aromatic heterocycles. The topological polar surface area (TPSA) is 53.9 Å². The highest BCUT2D eigenvalue weighted by Crippen LogP contribution is 2.21. The smallest absolute Gasteiger partial charge is 0.279 e. The van der Waals surface area contributed by atoms with Crippen molar-refractivity contribution in [1.82, 2.24) is 4.90 Å². The Hall–Kier alpha value is -2.38. The number of hydrogen-bond donors (Lipinski definition) is 2. The zero-order valence-corrected chi connectivity index (χ0v) is 17.4. The summed E-state index contributed by atoms with van der Waals surface area (Å²) in [6.45, 7) is 5.16. The number of nitrogens with one attached hydrogen (secondary N) is 2. The molecule has 1 fully saturated rings. The lowest BCUT2D eigenvalue weighted by atomic mass is 10.1. The summed E-state index contributed by atoms with van der Waals surface area (Å²) in [5, 5.41) is 3.01. The fourth-order valence-electron chi connectivity index (χ4n) is 3.41. The minimum Gasteiger partial charge on any atom is -0.331 e. The Kier molecular flexibility index (Phi) is 7.66. The van der Waals surface area contributed by atoms with Crippen LogP contribution in [0.15, 0.2) is 53.4 Å². The fourth-order valence-corrected chi connectivity index (χ4v) is 4.26. The second kappa shape index (κ2) is 10.4. The molecule has 2 amide bonds. The number of halogens is 1. The molecule has 0 radical (unpaired) electrons. The van der Waals surface area contributed by atoms with Gasteiger partial charge in [-0.05, 0) is 30.2 Å². The summed E-state index contributed by atoms with van der Waals surface area (Å²) >= 11 is 1.23. The fraction of sp³-hybridized carbons (Fsp3) is 0.364. The maximum absolute atomic E-state index is 13.7. The van der Waals surface area contributed by atoms with Crippen molar-refractivity contribution < 1.29 is 18.9 Å². The summed E-state index contributed by atoms with van der Waals surface area (Å²) in [5.74, 6) is -0.0606. The highest BCUT2D eigenvalue weighted by molar-refractivity contribution is 8.00. The number of carbonyl (C=O) groups is 2. The van der Waals surface area contributed by atoms with Crippen molar-refractivity contribution >= 4 is 29.3 Å². The van der Waals surface area contributed by atoms with E-state index in [0.29, 0.717) is 24.5 Å². The number of anilines is 1. The van der Waals surface area contributed by atoms with Gasteiger partial charge in [-0.25, -0.2) is 4.39 Å². The minimum atomic E-state index is -0.296. The molecule has 1 aliphatic heterocycles. The van der Waals surface area contributed by atoms with E-state index in [2.05, 4.69) is 12.2 Å². The molecule has 2 aromatic rings. The molecule has 0 unspecified atom stereocenters. The van der Waals surface area contributed by atoms with Crippen molar-refractivity contribution in [2.45, 2.75) is 18.2 Å². The number of rotatable bonds is 7. The van der Waals surface area contributed by atoms with E-state index in [-0.39, 0.29) is 23.4 Å². The molecule has 1 heterocycles.